The minimum absolute atomic E-state index is 0.738. The van der Waals surface area contributed by atoms with Crippen molar-refractivity contribution in [3.05, 3.63) is 47.8 Å². The second-order valence-corrected chi connectivity index (χ2v) is 9.38. The molecule has 0 radical (unpaired) electrons. The molecule has 0 bridgehead atoms. The minimum Gasteiger partial charge on any atom is -0.388 e. The van der Waals surface area contributed by atoms with E-state index in [1.54, 1.807) is 26.0 Å². The van der Waals surface area contributed by atoms with Gasteiger partial charge < -0.3 is 14.4 Å². The minimum atomic E-state index is 0.738. The standard InChI is InChI=1S/C23H31N3OS.C2H6O/c1-3-17-13-24-23(25-14-17)26-10-8-19(9-11-26)22-12-20(22)16-27-15-18-4-6-21(28-2)7-5-18;1-3-2/h4-7,13-14,19-20,22H,3,8-12,15-16H2,1-2H3;1-2H3. The molecule has 0 N–H and O–H groups in total. The van der Waals surface area contributed by atoms with Gasteiger partial charge >= 0.3 is 0 Å². The maximum atomic E-state index is 6.01. The van der Waals surface area contributed by atoms with E-state index >= 15 is 0 Å². The normalized spacial score (nSPS) is 20.8. The van der Waals surface area contributed by atoms with Gasteiger partial charge in [0.25, 0.3) is 0 Å². The van der Waals surface area contributed by atoms with Gasteiger partial charge in [0.2, 0.25) is 5.95 Å². The molecule has 1 aliphatic carbocycles. The number of aryl methyl sites for hydroxylation is 1. The lowest BCUT2D eigenvalue weighted by Crippen LogP contribution is -2.35. The van der Waals surface area contributed by atoms with Crippen LogP contribution in [0.5, 0.6) is 0 Å². The number of ether oxygens (including phenoxy) is 2. The smallest absolute Gasteiger partial charge is 0.225 e. The first-order valence-corrected chi connectivity index (χ1v) is 12.6. The third-order valence-corrected chi connectivity index (χ3v) is 7.01. The van der Waals surface area contributed by atoms with Gasteiger partial charge in [-0.1, -0.05) is 19.1 Å². The predicted molar refractivity (Wildman–Crippen MR) is 129 cm³/mol. The van der Waals surface area contributed by atoms with Crippen molar-refractivity contribution in [2.24, 2.45) is 17.8 Å². The molecular weight excluding hydrogens is 406 g/mol. The molecule has 5 nitrogen and oxygen atoms in total. The maximum absolute atomic E-state index is 6.01. The van der Waals surface area contributed by atoms with Crippen molar-refractivity contribution in [1.29, 1.82) is 0 Å². The van der Waals surface area contributed by atoms with E-state index in [2.05, 4.69) is 57.0 Å². The van der Waals surface area contributed by atoms with Crippen molar-refractivity contribution in [3.8, 4) is 0 Å². The van der Waals surface area contributed by atoms with Gasteiger partial charge in [0.15, 0.2) is 0 Å². The molecule has 0 spiro atoms. The second kappa shape index (κ2) is 12.4. The van der Waals surface area contributed by atoms with E-state index in [0.29, 0.717) is 0 Å². The Morgan fingerprint density at radius 3 is 2.26 bits per heavy atom. The molecular formula is C25H37N3O2S. The molecule has 1 saturated carbocycles. The van der Waals surface area contributed by atoms with Crippen LogP contribution < -0.4 is 4.90 Å². The molecule has 4 rings (SSSR count). The fraction of sp³-hybridized carbons (Fsp3) is 0.600. The summed E-state index contributed by atoms with van der Waals surface area (Å²) in [6, 6.07) is 8.72. The molecule has 0 amide bonds. The van der Waals surface area contributed by atoms with Crippen molar-refractivity contribution in [2.45, 2.75) is 44.1 Å². The van der Waals surface area contributed by atoms with Crippen LogP contribution in [0.15, 0.2) is 41.6 Å². The monoisotopic (exact) mass is 443 g/mol. The number of benzene rings is 1. The van der Waals surface area contributed by atoms with Crippen LogP contribution >= 0.6 is 11.8 Å². The molecule has 1 saturated heterocycles. The summed E-state index contributed by atoms with van der Waals surface area (Å²) in [6.45, 7) is 5.96. The predicted octanol–water partition coefficient (Wildman–Crippen LogP) is 5.09. The third kappa shape index (κ3) is 7.19. The number of hydrogen-bond donors (Lipinski definition) is 0. The van der Waals surface area contributed by atoms with Gasteiger partial charge in [-0.2, -0.15) is 0 Å². The zero-order valence-electron chi connectivity index (χ0n) is 19.4. The van der Waals surface area contributed by atoms with Crippen molar-refractivity contribution < 1.29 is 9.47 Å². The number of hydrogen-bond acceptors (Lipinski definition) is 6. The van der Waals surface area contributed by atoms with Gasteiger partial charge in [-0.25, -0.2) is 9.97 Å². The van der Waals surface area contributed by atoms with Crippen molar-refractivity contribution in [3.63, 3.8) is 0 Å². The Morgan fingerprint density at radius 1 is 1.03 bits per heavy atom. The Kier molecular flexibility index (Phi) is 9.62. The van der Waals surface area contributed by atoms with E-state index in [1.165, 1.54) is 35.3 Å². The zero-order chi connectivity index (χ0) is 22.1. The molecule has 1 aromatic heterocycles. The van der Waals surface area contributed by atoms with Crippen LogP contribution in [0.1, 0.15) is 37.3 Å². The lowest BCUT2D eigenvalue weighted by molar-refractivity contribution is 0.104. The Labute approximate surface area is 192 Å². The first kappa shape index (κ1) is 24.0. The molecule has 1 aromatic carbocycles. The van der Waals surface area contributed by atoms with E-state index in [1.807, 2.05) is 12.4 Å². The molecule has 2 aromatic rings. The summed E-state index contributed by atoms with van der Waals surface area (Å²) in [4.78, 5) is 12.8. The summed E-state index contributed by atoms with van der Waals surface area (Å²) in [5.41, 5.74) is 2.48. The van der Waals surface area contributed by atoms with E-state index in [0.717, 1.165) is 56.4 Å². The van der Waals surface area contributed by atoms with Crippen molar-refractivity contribution in [1.82, 2.24) is 9.97 Å². The first-order valence-electron chi connectivity index (χ1n) is 11.3. The Balaban J connectivity index is 0.000000858. The lowest BCUT2D eigenvalue weighted by Gasteiger charge is -2.32. The van der Waals surface area contributed by atoms with Crippen LogP contribution in [0.25, 0.3) is 0 Å². The SMILES string of the molecule is CCc1cnc(N2CCC(C3CC3COCc3ccc(SC)cc3)CC2)nc1.COC. The lowest BCUT2D eigenvalue weighted by atomic mass is 9.91. The van der Waals surface area contributed by atoms with Crippen LogP contribution in [0.3, 0.4) is 0 Å². The van der Waals surface area contributed by atoms with Gasteiger partial charge in [-0.15, -0.1) is 11.8 Å². The largest absolute Gasteiger partial charge is 0.388 e. The fourth-order valence-electron chi connectivity index (χ4n) is 4.31. The quantitative estimate of drug-likeness (QED) is 0.530. The van der Waals surface area contributed by atoms with Gasteiger partial charge in [-0.05, 0) is 73.0 Å². The number of nitrogens with zero attached hydrogens (tertiary/aromatic N) is 3. The van der Waals surface area contributed by atoms with E-state index in [4.69, 9.17) is 4.74 Å². The third-order valence-electron chi connectivity index (χ3n) is 6.26. The number of methoxy groups -OCH3 is 1. The number of thioether (sulfide) groups is 1. The van der Waals surface area contributed by atoms with E-state index in [9.17, 15) is 0 Å². The highest BCUT2D eigenvalue weighted by Gasteiger charge is 2.43. The van der Waals surface area contributed by atoms with Gasteiger partial charge in [0.1, 0.15) is 0 Å². The van der Waals surface area contributed by atoms with Crippen LogP contribution in [0.4, 0.5) is 5.95 Å². The van der Waals surface area contributed by atoms with Gasteiger partial charge in [0.05, 0.1) is 13.2 Å². The molecule has 2 fully saturated rings. The summed E-state index contributed by atoms with van der Waals surface area (Å²) >= 11 is 1.78. The van der Waals surface area contributed by atoms with Crippen LogP contribution in [0.2, 0.25) is 0 Å². The Hall–Kier alpha value is -1.63. The summed E-state index contributed by atoms with van der Waals surface area (Å²) in [7, 11) is 3.25. The summed E-state index contributed by atoms with van der Waals surface area (Å²) in [5, 5.41) is 0. The molecule has 1 aliphatic heterocycles. The number of rotatable bonds is 8. The van der Waals surface area contributed by atoms with Gasteiger partial charge in [-0.3, -0.25) is 0 Å². The van der Waals surface area contributed by atoms with Crippen LogP contribution in [0, 0.1) is 17.8 Å². The second-order valence-electron chi connectivity index (χ2n) is 8.50. The van der Waals surface area contributed by atoms with Crippen molar-refractivity contribution >= 4 is 17.7 Å². The molecule has 2 atom stereocenters. The number of piperidine rings is 1. The zero-order valence-corrected chi connectivity index (χ0v) is 20.2. The maximum Gasteiger partial charge on any atom is 0.225 e. The fourth-order valence-corrected chi connectivity index (χ4v) is 4.72. The molecule has 31 heavy (non-hydrogen) atoms. The number of aromatic nitrogens is 2. The summed E-state index contributed by atoms with van der Waals surface area (Å²) < 4.78 is 10.3. The summed E-state index contributed by atoms with van der Waals surface area (Å²) in [6.07, 6.45) is 10.9. The topological polar surface area (TPSA) is 47.5 Å². The molecule has 170 valence electrons. The van der Waals surface area contributed by atoms with E-state index < -0.39 is 0 Å². The highest BCUT2D eigenvalue weighted by molar-refractivity contribution is 7.98. The molecule has 6 heteroatoms. The highest BCUT2D eigenvalue weighted by atomic mass is 32.2. The highest BCUT2D eigenvalue weighted by Crippen LogP contribution is 2.48. The summed E-state index contributed by atoms with van der Waals surface area (Å²) in [5.74, 6) is 3.38. The molecule has 2 aliphatic rings. The first-order chi connectivity index (χ1) is 15.2. The van der Waals surface area contributed by atoms with Crippen molar-refractivity contribution in [2.75, 3.05) is 45.1 Å². The van der Waals surface area contributed by atoms with E-state index in [-0.39, 0.29) is 0 Å². The average molecular weight is 444 g/mol. The average Bonchev–Trinajstić information content (AvgIpc) is 3.60. The molecule has 2 unspecified atom stereocenters. The van der Waals surface area contributed by atoms with Gasteiger partial charge in [0, 0.05) is 44.6 Å². The number of anilines is 1. The Morgan fingerprint density at radius 2 is 1.68 bits per heavy atom. The Bertz CT molecular complexity index is 761. The van der Waals surface area contributed by atoms with Crippen LogP contribution in [-0.2, 0) is 22.5 Å². The van der Waals surface area contributed by atoms with Crippen LogP contribution in [-0.4, -0.2) is 50.1 Å². The molecule has 2 heterocycles.